The van der Waals surface area contributed by atoms with Crippen molar-refractivity contribution in [1.29, 1.82) is 0 Å². The normalized spacial score (nSPS) is 21.7. The topological polar surface area (TPSA) is 21.6 Å². The maximum atomic E-state index is 5.14. The molecule has 0 N–H and O–H groups in total. The van der Waals surface area contributed by atoms with Gasteiger partial charge in [0, 0.05) is 6.21 Å². The molecule has 0 spiro atoms. The summed E-state index contributed by atoms with van der Waals surface area (Å²) in [5, 5.41) is 3.66. The highest BCUT2D eigenvalue weighted by Crippen LogP contribution is 2.19. The van der Waals surface area contributed by atoms with Gasteiger partial charge in [-0.05, 0) is 32.6 Å². The van der Waals surface area contributed by atoms with Crippen LogP contribution in [0.25, 0.3) is 0 Å². The van der Waals surface area contributed by atoms with E-state index in [1.165, 1.54) is 25.5 Å². The van der Waals surface area contributed by atoms with E-state index >= 15 is 0 Å². The molecule has 0 heterocycles. The first kappa shape index (κ1) is 7.58. The van der Waals surface area contributed by atoms with Crippen LogP contribution >= 0.6 is 0 Å². The van der Waals surface area contributed by atoms with Crippen molar-refractivity contribution in [2.24, 2.45) is 5.16 Å². The van der Waals surface area contributed by atoms with Crippen molar-refractivity contribution in [1.82, 2.24) is 0 Å². The molecule has 0 saturated heterocycles. The molecule has 0 unspecified atom stereocenters. The van der Waals surface area contributed by atoms with Crippen molar-refractivity contribution in [2.75, 3.05) is 0 Å². The molecule has 0 aromatic carbocycles. The van der Waals surface area contributed by atoms with E-state index in [1.54, 1.807) is 0 Å². The van der Waals surface area contributed by atoms with Gasteiger partial charge >= 0.3 is 0 Å². The first-order valence-corrected chi connectivity index (χ1v) is 3.90. The molecule has 0 aliphatic heterocycles. The van der Waals surface area contributed by atoms with Crippen LogP contribution in [-0.4, -0.2) is 12.3 Å². The largest absolute Gasteiger partial charge is 0.393 e. The summed E-state index contributed by atoms with van der Waals surface area (Å²) in [6.45, 7) is 3.45. The second kappa shape index (κ2) is 4.31. The lowest BCUT2D eigenvalue weighted by atomic mass is 9.98. The van der Waals surface area contributed by atoms with Crippen LogP contribution in [0.5, 0.6) is 0 Å². The minimum Gasteiger partial charge on any atom is -0.393 e. The lowest BCUT2D eigenvalue weighted by molar-refractivity contribution is 0.0340. The smallest absolute Gasteiger partial charge is 0.127 e. The standard InChI is InChI=1S/C8H14NO/c1-2-9-10-8-6-4-3-5-7-8/h2,8H,1,3-7H2. The van der Waals surface area contributed by atoms with E-state index in [4.69, 9.17) is 4.84 Å². The van der Waals surface area contributed by atoms with Gasteiger partial charge in [0.05, 0.1) is 0 Å². The van der Waals surface area contributed by atoms with Crippen molar-refractivity contribution in [3.05, 3.63) is 6.92 Å². The van der Waals surface area contributed by atoms with Gasteiger partial charge in [0.25, 0.3) is 0 Å². The van der Waals surface area contributed by atoms with E-state index in [0.717, 1.165) is 12.8 Å². The quantitative estimate of drug-likeness (QED) is 0.425. The van der Waals surface area contributed by atoms with E-state index in [-0.39, 0.29) is 0 Å². The Morgan fingerprint density at radius 1 is 1.30 bits per heavy atom. The number of hydrogen-bond donors (Lipinski definition) is 0. The molecule has 1 rings (SSSR count). The van der Waals surface area contributed by atoms with Gasteiger partial charge in [0.1, 0.15) is 6.10 Å². The SMILES string of the molecule is [CH2]C=NOC1CCCCC1. The molecule has 10 heavy (non-hydrogen) atoms. The molecule has 2 nitrogen and oxygen atoms in total. The summed E-state index contributed by atoms with van der Waals surface area (Å²) in [5.41, 5.74) is 0. The lowest BCUT2D eigenvalue weighted by Gasteiger charge is -2.18. The number of rotatable bonds is 2. The Morgan fingerprint density at radius 3 is 2.60 bits per heavy atom. The summed E-state index contributed by atoms with van der Waals surface area (Å²) < 4.78 is 0. The Hall–Kier alpha value is -0.530. The summed E-state index contributed by atoms with van der Waals surface area (Å²) in [5.74, 6) is 0. The summed E-state index contributed by atoms with van der Waals surface area (Å²) >= 11 is 0. The van der Waals surface area contributed by atoms with Gasteiger partial charge in [-0.15, -0.1) is 0 Å². The first-order chi connectivity index (χ1) is 4.93. The highest BCUT2D eigenvalue weighted by atomic mass is 16.6. The Bertz CT molecular complexity index is 106. The van der Waals surface area contributed by atoms with E-state index < -0.39 is 0 Å². The third-order valence-corrected chi connectivity index (χ3v) is 1.84. The van der Waals surface area contributed by atoms with E-state index in [9.17, 15) is 0 Å². The Balaban J connectivity index is 2.13. The van der Waals surface area contributed by atoms with Gasteiger partial charge in [-0.2, -0.15) is 0 Å². The summed E-state index contributed by atoms with van der Waals surface area (Å²) in [4.78, 5) is 5.14. The highest BCUT2D eigenvalue weighted by Gasteiger charge is 2.13. The molecule has 1 aliphatic carbocycles. The predicted molar refractivity (Wildman–Crippen MR) is 41.8 cm³/mol. The first-order valence-electron chi connectivity index (χ1n) is 3.90. The molecule has 57 valence electrons. The van der Waals surface area contributed by atoms with Gasteiger partial charge < -0.3 is 4.84 Å². The van der Waals surface area contributed by atoms with Gasteiger partial charge in [-0.3, -0.25) is 0 Å². The molecule has 0 bridgehead atoms. The monoisotopic (exact) mass is 140 g/mol. The zero-order valence-corrected chi connectivity index (χ0v) is 6.25. The average molecular weight is 140 g/mol. The average Bonchev–Trinajstić information content (AvgIpc) is 2.03. The second-order valence-electron chi connectivity index (χ2n) is 2.65. The van der Waals surface area contributed by atoms with Crippen molar-refractivity contribution in [3.63, 3.8) is 0 Å². The fourth-order valence-electron chi connectivity index (χ4n) is 1.30. The van der Waals surface area contributed by atoms with Crippen LogP contribution in [0.15, 0.2) is 5.16 Å². The van der Waals surface area contributed by atoms with Crippen LogP contribution in [0.4, 0.5) is 0 Å². The molecular formula is C8H14NO. The van der Waals surface area contributed by atoms with Crippen molar-refractivity contribution >= 4 is 6.21 Å². The molecule has 1 saturated carbocycles. The zero-order chi connectivity index (χ0) is 7.23. The number of nitrogens with zero attached hydrogens (tertiary/aromatic N) is 1. The Labute approximate surface area is 62.3 Å². The van der Waals surface area contributed by atoms with Crippen LogP contribution in [0.2, 0.25) is 0 Å². The fraction of sp³-hybridized carbons (Fsp3) is 0.750. The minimum atomic E-state index is 0.367. The van der Waals surface area contributed by atoms with Gasteiger partial charge in [-0.1, -0.05) is 11.6 Å². The van der Waals surface area contributed by atoms with Crippen LogP contribution in [0.1, 0.15) is 32.1 Å². The molecule has 0 amide bonds. The highest BCUT2D eigenvalue weighted by molar-refractivity contribution is 5.60. The van der Waals surface area contributed by atoms with Crippen molar-refractivity contribution in [3.8, 4) is 0 Å². The summed E-state index contributed by atoms with van der Waals surface area (Å²) in [7, 11) is 0. The second-order valence-corrected chi connectivity index (χ2v) is 2.65. The molecular weight excluding hydrogens is 126 g/mol. The zero-order valence-electron chi connectivity index (χ0n) is 6.25. The number of hydrogen-bond acceptors (Lipinski definition) is 2. The molecule has 2 heteroatoms. The van der Waals surface area contributed by atoms with Crippen LogP contribution in [0, 0.1) is 6.92 Å². The molecule has 1 radical (unpaired) electrons. The molecule has 0 aromatic heterocycles. The van der Waals surface area contributed by atoms with Gasteiger partial charge in [0.15, 0.2) is 0 Å². The number of oxime groups is 1. The van der Waals surface area contributed by atoms with Crippen LogP contribution < -0.4 is 0 Å². The summed E-state index contributed by atoms with van der Waals surface area (Å²) in [6, 6.07) is 0. The molecule has 0 aromatic rings. The predicted octanol–water partition coefficient (Wildman–Crippen LogP) is 2.16. The van der Waals surface area contributed by atoms with Crippen LogP contribution in [-0.2, 0) is 4.84 Å². The third kappa shape index (κ3) is 2.38. The fourth-order valence-corrected chi connectivity index (χ4v) is 1.30. The molecule has 1 aliphatic rings. The van der Waals surface area contributed by atoms with Gasteiger partial charge in [-0.25, -0.2) is 0 Å². The van der Waals surface area contributed by atoms with Crippen LogP contribution in [0.3, 0.4) is 0 Å². The molecule has 1 fully saturated rings. The summed E-state index contributed by atoms with van der Waals surface area (Å²) in [6.07, 6.45) is 8.08. The van der Waals surface area contributed by atoms with E-state index in [1.807, 2.05) is 0 Å². The van der Waals surface area contributed by atoms with E-state index in [2.05, 4.69) is 12.1 Å². The Kier molecular flexibility index (Phi) is 3.27. The maximum Gasteiger partial charge on any atom is 0.127 e. The third-order valence-electron chi connectivity index (χ3n) is 1.84. The maximum absolute atomic E-state index is 5.14. The molecule has 0 atom stereocenters. The lowest BCUT2D eigenvalue weighted by Crippen LogP contribution is -2.13. The minimum absolute atomic E-state index is 0.367. The van der Waals surface area contributed by atoms with Crippen molar-refractivity contribution < 1.29 is 4.84 Å². The Morgan fingerprint density at radius 2 is 2.00 bits per heavy atom. The van der Waals surface area contributed by atoms with E-state index in [0.29, 0.717) is 6.10 Å². The van der Waals surface area contributed by atoms with Gasteiger partial charge in [0.2, 0.25) is 0 Å². The van der Waals surface area contributed by atoms with Crippen molar-refractivity contribution in [2.45, 2.75) is 38.2 Å².